The van der Waals surface area contributed by atoms with Crippen molar-refractivity contribution in [3.05, 3.63) is 24.2 Å². The van der Waals surface area contributed by atoms with Crippen LogP contribution in [0.1, 0.15) is 33.0 Å². The molecule has 2 atom stereocenters. The van der Waals surface area contributed by atoms with Crippen LogP contribution in [0.3, 0.4) is 0 Å². The van der Waals surface area contributed by atoms with E-state index in [9.17, 15) is 4.79 Å². The molecule has 2 unspecified atom stereocenters. The van der Waals surface area contributed by atoms with E-state index in [1.165, 1.54) is 0 Å². The molecular formula is C13H20N2O3. The molecule has 0 spiro atoms. The Bertz CT molecular complexity index is 395. The molecule has 2 rings (SSSR count). The number of ether oxygens (including phenoxy) is 1. The average Bonchev–Trinajstić information content (AvgIpc) is 2.76. The molecule has 1 aliphatic carbocycles. The van der Waals surface area contributed by atoms with Crippen LogP contribution in [0.4, 0.5) is 4.79 Å². The molecule has 0 aromatic carbocycles. The van der Waals surface area contributed by atoms with E-state index in [1.54, 1.807) is 6.26 Å². The maximum absolute atomic E-state index is 11.5. The minimum atomic E-state index is -0.448. The van der Waals surface area contributed by atoms with Crippen molar-refractivity contribution in [2.75, 3.05) is 0 Å². The second kappa shape index (κ2) is 5.02. The van der Waals surface area contributed by atoms with E-state index in [-0.39, 0.29) is 12.1 Å². The molecule has 5 heteroatoms. The summed E-state index contributed by atoms with van der Waals surface area (Å²) < 4.78 is 10.4. The molecule has 5 nitrogen and oxygen atoms in total. The quantitative estimate of drug-likeness (QED) is 0.860. The highest BCUT2D eigenvalue weighted by atomic mass is 16.6. The average molecular weight is 252 g/mol. The molecule has 1 amide bonds. The van der Waals surface area contributed by atoms with Crippen molar-refractivity contribution < 1.29 is 13.9 Å². The van der Waals surface area contributed by atoms with Gasteiger partial charge in [0.1, 0.15) is 11.4 Å². The summed E-state index contributed by atoms with van der Waals surface area (Å²) in [7, 11) is 0. The van der Waals surface area contributed by atoms with Gasteiger partial charge in [0.2, 0.25) is 0 Å². The van der Waals surface area contributed by atoms with Crippen molar-refractivity contribution in [2.45, 2.75) is 51.4 Å². The summed E-state index contributed by atoms with van der Waals surface area (Å²) in [5.74, 6) is 0.901. The fraction of sp³-hybridized carbons (Fsp3) is 0.615. The molecule has 0 aliphatic heterocycles. The standard InChI is InChI=1S/C13H20N2O3/c1-13(2,3)18-12(16)15-11-7-10(11)14-8-9-5-4-6-17-9/h4-6,10-11,14H,7-8H2,1-3H3,(H,15,16). The number of rotatable bonds is 4. The first kappa shape index (κ1) is 13.0. The van der Waals surface area contributed by atoms with Crippen LogP contribution in [-0.4, -0.2) is 23.8 Å². The Morgan fingerprint density at radius 2 is 2.28 bits per heavy atom. The molecule has 1 heterocycles. The molecular weight excluding hydrogens is 232 g/mol. The molecule has 0 saturated heterocycles. The van der Waals surface area contributed by atoms with Crippen LogP contribution in [0.15, 0.2) is 22.8 Å². The van der Waals surface area contributed by atoms with Crippen molar-refractivity contribution in [3.8, 4) is 0 Å². The second-order valence-electron chi connectivity index (χ2n) is 5.56. The van der Waals surface area contributed by atoms with Crippen molar-refractivity contribution in [1.29, 1.82) is 0 Å². The smallest absolute Gasteiger partial charge is 0.407 e. The summed E-state index contributed by atoms with van der Waals surface area (Å²) in [6, 6.07) is 4.25. The topological polar surface area (TPSA) is 63.5 Å². The third-order valence-electron chi connectivity index (χ3n) is 2.61. The van der Waals surface area contributed by atoms with Crippen LogP contribution < -0.4 is 10.6 Å². The second-order valence-corrected chi connectivity index (χ2v) is 5.56. The molecule has 0 radical (unpaired) electrons. The molecule has 1 aliphatic rings. The highest BCUT2D eigenvalue weighted by Gasteiger charge is 2.38. The Morgan fingerprint density at radius 3 is 2.89 bits per heavy atom. The van der Waals surface area contributed by atoms with Gasteiger partial charge in [0.05, 0.1) is 12.8 Å². The van der Waals surface area contributed by atoms with Crippen molar-refractivity contribution in [1.82, 2.24) is 10.6 Å². The van der Waals surface area contributed by atoms with Crippen molar-refractivity contribution in [3.63, 3.8) is 0 Å². The molecule has 1 aromatic heterocycles. The number of carbonyl (C=O) groups is 1. The largest absolute Gasteiger partial charge is 0.468 e. The van der Waals surface area contributed by atoms with Crippen molar-refractivity contribution in [2.24, 2.45) is 0 Å². The summed E-state index contributed by atoms with van der Waals surface area (Å²) >= 11 is 0. The summed E-state index contributed by atoms with van der Waals surface area (Å²) in [6.45, 7) is 6.24. The maximum Gasteiger partial charge on any atom is 0.407 e. The van der Waals surface area contributed by atoms with E-state index >= 15 is 0 Å². The fourth-order valence-electron chi connectivity index (χ4n) is 1.68. The summed E-state index contributed by atoms with van der Waals surface area (Å²) in [4.78, 5) is 11.5. The number of carbonyl (C=O) groups excluding carboxylic acids is 1. The SMILES string of the molecule is CC(C)(C)OC(=O)NC1CC1NCc1ccco1. The number of furan rings is 1. The first-order valence-electron chi connectivity index (χ1n) is 6.19. The number of hydrogen-bond acceptors (Lipinski definition) is 4. The minimum absolute atomic E-state index is 0.162. The lowest BCUT2D eigenvalue weighted by molar-refractivity contribution is 0.0522. The highest BCUT2D eigenvalue weighted by molar-refractivity contribution is 5.68. The number of alkyl carbamates (subject to hydrolysis) is 1. The van der Waals surface area contributed by atoms with Crippen LogP contribution >= 0.6 is 0 Å². The van der Waals surface area contributed by atoms with Crippen LogP contribution in [0.2, 0.25) is 0 Å². The van der Waals surface area contributed by atoms with Crippen LogP contribution in [0.25, 0.3) is 0 Å². The highest BCUT2D eigenvalue weighted by Crippen LogP contribution is 2.22. The number of hydrogen-bond donors (Lipinski definition) is 2. The fourth-order valence-corrected chi connectivity index (χ4v) is 1.68. The number of amides is 1. The molecule has 100 valence electrons. The molecule has 18 heavy (non-hydrogen) atoms. The third kappa shape index (κ3) is 4.07. The molecule has 1 saturated carbocycles. The van der Waals surface area contributed by atoms with Crippen LogP contribution in [0.5, 0.6) is 0 Å². The van der Waals surface area contributed by atoms with E-state index in [0.717, 1.165) is 12.2 Å². The molecule has 2 N–H and O–H groups in total. The molecule has 1 aromatic rings. The normalized spacial score (nSPS) is 22.6. The van der Waals surface area contributed by atoms with E-state index in [0.29, 0.717) is 12.6 Å². The van der Waals surface area contributed by atoms with Gasteiger partial charge in [-0.3, -0.25) is 0 Å². The Labute approximate surface area is 107 Å². The lowest BCUT2D eigenvalue weighted by Gasteiger charge is -2.19. The Hall–Kier alpha value is -1.49. The third-order valence-corrected chi connectivity index (χ3v) is 2.61. The monoisotopic (exact) mass is 252 g/mol. The van der Waals surface area contributed by atoms with Gasteiger partial charge < -0.3 is 19.8 Å². The maximum atomic E-state index is 11.5. The first-order chi connectivity index (χ1) is 8.44. The van der Waals surface area contributed by atoms with Gasteiger partial charge in [0, 0.05) is 12.1 Å². The van der Waals surface area contributed by atoms with Crippen LogP contribution in [0, 0.1) is 0 Å². The lowest BCUT2D eigenvalue weighted by Crippen LogP contribution is -2.36. The number of nitrogens with one attached hydrogen (secondary N) is 2. The summed E-state index contributed by atoms with van der Waals surface area (Å²) in [5.41, 5.74) is -0.448. The molecule has 0 bridgehead atoms. The van der Waals surface area contributed by atoms with E-state index in [4.69, 9.17) is 9.15 Å². The van der Waals surface area contributed by atoms with Gasteiger partial charge in [-0.05, 0) is 39.3 Å². The zero-order valence-corrected chi connectivity index (χ0v) is 11.0. The lowest BCUT2D eigenvalue weighted by atomic mass is 10.2. The van der Waals surface area contributed by atoms with E-state index in [2.05, 4.69) is 10.6 Å². The predicted octanol–water partition coefficient (Wildman–Crippen LogP) is 2.03. The summed E-state index contributed by atoms with van der Waals surface area (Å²) in [6.07, 6.45) is 2.23. The minimum Gasteiger partial charge on any atom is -0.468 e. The molecule has 1 fully saturated rings. The first-order valence-corrected chi connectivity index (χ1v) is 6.19. The van der Waals surface area contributed by atoms with Gasteiger partial charge in [-0.25, -0.2) is 4.79 Å². The predicted molar refractivity (Wildman–Crippen MR) is 67.1 cm³/mol. The van der Waals surface area contributed by atoms with Crippen LogP contribution in [-0.2, 0) is 11.3 Å². The van der Waals surface area contributed by atoms with Gasteiger partial charge in [-0.1, -0.05) is 0 Å². The zero-order valence-electron chi connectivity index (χ0n) is 11.0. The van der Waals surface area contributed by atoms with Gasteiger partial charge >= 0.3 is 6.09 Å². The zero-order chi connectivity index (χ0) is 13.2. The van der Waals surface area contributed by atoms with Gasteiger partial charge in [-0.15, -0.1) is 0 Å². The van der Waals surface area contributed by atoms with Crippen molar-refractivity contribution >= 4 is 6.09 Å². The van der Waals surface area contributed by atoms with Gasteiger partial charge in [-0.2, -0.15) is 0 Å². The van der Waals surface area contributed by atoms with E-state index < -0.39 is 5.60 Å². The Balaban J connectivity index is 1.64. The Kier molecular flexibility index (Phi) is 3.61. The van der Waals surface area contributed by atoms with E-state index in [1.807, 2.05) is 32.9 Å². The van der Waals surface area contributed by atoms with Gasteiger partial charge in [0.15, 0.2) is 0 Å². The Morgan fingerprint density at radius 1 is 1.50 bits per heavy atom. The summed E-state index contributed by atoms with van der Waals surface area (Å²) in [5, 5.41) is 6.15. The van der Waals surface area contributed by atoms with Gasteiger partial charge in [0.25, 0.3) is 0 Å².